The van der Waals surface area contributed by atoms with E-state index in [0.717, 1.165) is 49.3 Å². The summed E-state index contributed by atoms with van der Waals surface area (Å²) in [4.78, 5) is 25.5. The Balaban J connectivity index is 1.70. The highest BCUT2D eigenvalue weighted by Gasteiger charge is 2.24. The van der Waals surface area contributed by atoms with Crippen LogP contribution < -0.4 is 10.2 Å². The second-order valence-corrected chi connectivity index (χ2v) is 7.15. The minimum absolute atomic E-state index is 0.0436. The maximum Gasteiger partial charge on any atom is 0.227 e. The number of anilines is 3. The first kappa shape index (κ1) is 18.2. The van der Waals surface area contributed by atoms with Crippen molar-refractivity contribution < 1.29 is 4.79 Å². The van der Waals surface area contributed by atoms with Crippen molar-refractivity contribution in [2.24, 2.45) is 5.92 Å². The number of carbonyl (C=O) groups is 1. The predicted molar refractivity (Wildman–Crippen MR) is 105 cm³/mol. The zero-order chi connectivity index (χ0) is 18.7. The van der Waals surface area contributed by atoms with E-state index in [1.54, 1.807) is 0 Å². The number of carbonyl (C=O) groups excluding carboxylic acids is 1. The molecule has 0 bridgehead atoms. The van der Waals surface area contributed by atoms with E-state index in [2.05, 4.69) is 39.2 Å². The van der Waals surface area contributed by atoms with Crippen molar-refractivity contribution in [3.63, 3.8) is 0 Å². The van der Waals surface area contributed by atoms with Gasteiger partial charge in [0.05, 0.1) is 0 Å². The van der Waals surface area contributed by atoms with Crippen molar-refractivity contribution in [3.05, 3.63) is 41.6 Å². The van der Waals surface area contributed by atoms with E-state index in [9.17, 15) is 4.79 Å². The summed E-state index contributed by atoms with van der Waals surface area (Å²) in [6, 6.07) is 10.2. The molecule has 0 spiro atoms. The molecule has 0 aliphatic carbocycles. The highest BCUT2D eigenvalue weighted by Crippen LogP contribution is 2.20. The third-order valence-electron chi connectivity index (χ3n) is 4.53. The van der Waals surface area contributed by atoms with Crippen molar-refractivity contribution in [2.45, 2.75) is 27.7 Å². The van der Waals surface area contributed by atoms with E-state index in [1.807, 2.05) is 43.9 Å². The van der Waals surface area contributed by atoms with Crippen LogP contribution in [0.2, 0.25) is 0 Å². The summed E-state index contributed by atoms with van der Waals surface area (Å²) < 4.78 is 0. The van der Waals surface area contributed by atoms with Gasteiger partial charge in [0.15, 0.2) is 0 Å². The molecule has 0 unspecified atom stereocenters. The van der Waals surface area contributed by atoms with Crippen LogP contribution in [0.1, 0.15) is 25.1 Å². The van der Waals surface area contributed by atoms with Gasteiger partial charge in [-0.15, -0.1) is 0 Å². The van der Waals surface area contributed by atoms with Crippen molar-refractivity contribution in [2.75, 3.05) is 36.4 Å². The van der Waals surface area contributed by atoms with Crippen LogP contribution in [-0.4, -0.2) is 47.0 Å². The summed E-state index contributed by atoms with van der Waals surface area (Å²) in [5.41, 5.74) is 3.15. The van der Waals surface area contributed by atoms with E-state index >= 15 is 0 Å². The average molecular weight is 353 g/mol. The Kier molecular flexibility index (Phi) is 5.40. The van der Waals surface area contributed by atoms with E-state index in [0.29, 0.717) is 0 Å². The molecule has 2 heterocycles. The van der Waals surface area contributed by atoms with Gasteiger partial charge in [-0.2, -0.15) is 4.98 Å². The van der Waals surface area contributed by atoms with Crippen LogP contribution in [0.5, 0.6) is 0 Å². The number of hydrogen-bond donors (Lipinski definition) is 1. The van der Waals surface area contributed by atoms with Gasteiger partial charge in [0.25, 0.3) is 0 Å². The van der Waals surface area contributed by atoms with Crippen LogP contribution in [0.15, 0.2) is 30.3 Å². The fourth-order valence-electron chi connectivity index (χ4n) is 3.04. The summed E-state index contributed by atoms with van der Waals surface area (Å²) in [7, 11) is 0. The van der Waals surface area contributed by atoms with E-state index < -0.39 is 0 Å². The van der Waals surface area contributed by atoms with Gasteiger partial charge >= 0.3 is 0 Å². The number of amides is 1. The lowest BCUT2D eigenvalue weighted by atomic mass is 10.1. The van der Waals surface area contributed by atoms with Crippen LogP contribution in [0.3, 0.4) is 0 Å². The molecule has 1 saturated heterocycles. The predicted octanol–water partition coefficient (Wildman–Crippen LogP) is 3.14. The van der Waals surface area contributed by atoms with Crippen LogP contribution in [-0.2, 0) is 4.79 Å². The third kappa shape index (κ3) is 4.31. The van der Waals surface area contributed by atoms with Crippen molar-refractivity contribution in [1.82, 2.24) is 14.9 Å². The molecular weight excluding hydrogens is 326 g/mol. The number of aryl methyl sites for hydroxylation is 2. The normalized spacial score (nSPS) is 14.7. The molecule has 1 aliphatic heterocycles. The van der Waals surface area contributed by atoms with Gasteiger partial charge < -0.3 is 15.1 Å². The minimum Gasteiger partial charge on any atom is -0.340 e. The quantitative estimate of drug-likeness (QED) is 0.915. The number of nitrogens with zero attached hydrogens (tertiary/aromatic N) is 4. The van der Waals surface area contributed by atoms with Crippen molar-refractivity contribution in [1.29, 1.82) is 0 Å². The second-order valence-electron chi connectivity index (χ2n) is 7.15. The lowest BCUT2D eigenvalue weighted by molar-refractivity contribution is -0.134. The summed E-state index contributed by atoms with van der Waals surface area (Å²) >= 11 is 0. The van der Waals surface area contributed by atoms with Crippen molar-refractivity contribution in [3.8, 4) is 0 Å². The van der Waals surface area contributed by atoms with Gasteiger partial charge in [-0.3, -0.25) is 4.79 Å². The average Bonchev–Trinajstić information content (AvgIpc) is 2.62. The SMILES string of the molecule is Cc1ccc(Nc2cc(C)nc(N3CCN(C(=O)C(C)C)CC3)n2)cc1. The maximum atomic E-state index is 12.1. The topological polar surface area (TPSA) is 61.4 Å². The number of aromatic nitrogens is 2. The first-order valence-electron chi connectivity index (χ1n) is 9.15. The Hall–Kier alpha value is -2.63. The molecule has 1 N–H and O–H groups in total. The summed E-state index contributed by atoms with van der Waals surface area (Å²) in [5, 5.41) is 3.35. The van der Waals surface area contributed by atoms with Crippen LogP contribution in [0.25, 0.3) is 0 Å². The summed E-state index contributed by atoms with van der Waals surface area (Å²) in [6.07, 6.45) is 0. The highest BCUT2D eigenvalue weighted by molar-refractivity contribution is 5.78. The second kappa shape index (κ2) is 7.72. The molecule has 0 saturated carbocycles. The van der Waals surface area contributed by atoms with Crippen LogP contribution in [0.4, 0.5) is 17.5 Å². The molecule has 2 aromatic rings. The molecule has 26 heavy (non-hydrogen) atoms. The molecule has 6 nitrogen and oxygen atoms in total. The zero-order valence-electron chi connectivity index (χ0n) is 16.0. The number of rotatable bonds is 4. The van der Waals surface area contributed by atoms with Crippen LogP contribution >= 0.6 is 0 Å². The van der Waals surface area contributed by atoms with Crippen LogP contribution in [0, 0.1) is 19.8 Å². The van der Waals surface area contributed by atoms with Gasteiger partial charge in [-0.1, -0.05) is 31.5 Å². The molecule has 0 radical (unpaired) electrons. The molecule has 3 rings (SSSR count). The first-order chi connectivity index (χ1) is 12.4. The van der Waals surface area contributed by atoms with Gasteiger partial charge in [-0.25, -0.2) is 4.98 Å². The zero-order valence-corrected chi connectivity index (χ0v) is 16.0. The lowest BCUT2D eigenvalue weighted by Crippen LogP contribution is -2.50. The Morgan fingerprint density at radius 3 is 2.31 bits per heavy atom. The van der Waals surface area contributed by atoms with Gasteiger partial charge in [0.1, 0.15) is 5.82 Å². The smallest absolute Gasteiger partial charge is 0.227 e. The van der Waals surface area contributed by atoms with Gasteiger partial charge in [0.2, 0.25) is 11.9 Å². The lowest BCUT2D eigenvalue weighted by Gasteiger charge is -2.35. The molecule has 1 aromatic heterocycles. The molecule has 138 valence electrons. The Bertz CT molecular complexity index is 764. The molecule has 0 atom stereocenters. The fraction of sp³-hybridized carbons (Fsp3) is 0.450. The molecule has 6 heteroatoms. The van der Waals surface area contributed by atoms with E-state index in [1.165, 1.54) is 5.56 Å². The van der Waals surface area contributed by atoms with E-state index in [-0.39, 0.29) is 11.8 Å². The minimum atomic E-state index is 0.0436. The Morgan fingerprint density at radius 2 is 1.69 bits per heavy atom. The van der Waals surface area contributed by atoms with Gasteiger partial charge in [0, 0.05) is 49.5 Å². The monoisotopic (exact) mass is 353 g/mol. The molecule has 1 aromatic carbocycles. The Morgan fingerprint density at radius 1 is 1.04 bits per heavy atom. The molecule has 1 aliphatic rings. The maximum absolute atomic E-state index is 12.1. The molecule has 1 amide bonds. The standard InChI is InChI=1S/C20H27N5O/c1-14(2)19(26)24-9-11-25(12-10-24)20-21-16(4)13-18(23-20)22-17-7-5-15(3)6-8-17/h5-8,13-14H,9-12H2,1-4H3,(H,21,22,23). The molecular formula is C20H27N5O. The Labute approximate surface area is 155 Å². The first-order valence-corrected chi connectivity index (χ1v) is 9.15. The highest BCUT2D eigenvalue weighted by atomic mass is 16.2. The largest absolute Gasteiger partial charge is 0.340 e. The fourth-order valence-corrected chi connectivity index (χ4v) is 3.04. The number of piperazine rings is 1. The number of benzene rings is 1. The van der Waals surface area contributed by atoms with Gasteiger partial charge in [-0.05, 0) is 26.0 Å². The molecule has 1 fully saturated rings. The van der Waals surface area contributed by atoms with Crippen molar-refractivity contribution >= 4 is 23.4 Å². The third-order valence-corrected chi connectivity index (χ3v) is 4.53. The summed E-state index contributed by atoms with van der Waals surface area (Å²) in [5.74, 6) is 1.77. The number of hydrogen-bond acceptors (Lipinski definition) is 5. The van der Waals surface area contributed by atoms with E-state index in [4.69, 9.17) is 0 Å². The number of nitrogens with one attached hydrogen (secondary N) is 1. The summed E-state index contributed by atoms with van der Waals surface area (Å²) in [6.45, 7) is 10.9.